The van der Waals surface area contributed by atoms with Crippen LogP contribution < -0.4 is 5.32 Å². The Morgan fingerprint density at radius 1 is 1.47 bits per heavy atom. The van der Waals surface area contributed by atoms with Crippen molar-refractivity contribution in [1.29, 1.82) is 0 Å². The van der Waals surface area contributed by atoms with Gasteiger partial charge in [-0.1, -0.05) is 11.6 Å². The molecule has 0 spiro atoms. The molecule has 0 aliphatic heterocycles. The Balaban J connectivity index is 2.27. The molecule has 0 amide bonds. The first-order valence-electron chi connectivity index (χ1n) is 5.36. The normalized spacial score (nSPS) is 10.6. The van der Waals surface area contributed by atoms with Crippen LogP contribution in [0, 0.1) is 12.7 Å². The van der Waals surface area contributed by atoms with Crippen LogP contribution in [-0.4, -0.2) is 9.55 Å². The zero-order valence-electron chi connectivity index (χ0n) is 9.67. The number of halogens is 2. The van der Waals surface area contributed by atoms with Crippen molar-refractivity contribution in [2.45, 2.75) is 20.4 Å². The molecule has 0 fully saturated rings. The molecule has 1 aromatic carbocycles. The Morgan fingerprint density at radius 2 is 2.24 bits per heavy atom. The van der Waals surface area contributed by atoms with E-state index in [1.165, 1.54) is 12.1 Å². The highest BCUT2D eigenvalue weighted by Gasteiger charge is 2.06. The fourth-order valence-electron chi connectivity index (χ4n) is 1.59. The van der Waals surface area contributed by atoms with Gasteiger partial charge in [0.25, 0.3) is 0 Å². The summed E-state index contributed by atoms with van der Waals surface area (Å²) in [6.07, 6.45) is 1.94. The third-order valence-electron chi connectivity index (χ3n) is 2.41. The van der Waals surface area contributed by atoms with Gasteiger partial charge in [-0.25, -0.2) is 9.37 Å². The summed E-state index contributed by atoms with van der Waals surface area (Å²) in [7, 11) is 0. The Labute approximate surface area is 104 Å². The van der Waals surface area contributed by atoms with E-state index < -0.39 is 5.82 Å². The first-order valence-corrected chi connectivity index (χ1v) is 5.73. The predicted octanol–water partition coefficient (Wildman–Crippen LogP) is 3.75. The maximum Gasteiger partial charge on any atom is 0.207 e. The van der Waals surface area contributed by atoms with Crippen LogP contribution in [0.5, 0.6) is 0 Å². The minimum atomic E-state index is -0.442. The molecule has 5 heteroatoms. The number of rotatable bonds is 3. The topological polar surface area (TPSA) is 29.9 Å². The van der Waals surface area contributed by atoms with Crippen LogP contribution in [0.2, 0.25) is 5.02 Å². The molecule has 0 radical (unpaired) electrons. The van der Waals surface area contributed by atoms with Crippen molar-refractivity contribution in [3.05, 3.63) is 40.9 Å². The van der Waals surface area contributed by atoms with Gasteiger partial charge in [0.1, 0.15) is 5.82 Å². The lowest BCUT2D eigenvalue weighted by atomic mass is 10.3. The van der Waals surface area contributed by atoms with E-state index in [1.54, 1.807) is 6.07 Å². The number of aromatic nitrogens is 2. The highest BCUT2D eigenvalue weighted by atomic mass is 35.5. The number of benzene rings is 1. The molecule has 2 aromatic rings. The van der Waals surface area contributed by atoms with Gasteiger partial charge in [0.2, 0.25) is 5.95 Å². The first-order chi connectivity index (χ1) is 8.10. The molecule has 1 N–H and O–H groups in total. The van der Waals surface area contributed by atoms with Crippen LogP contribution in [0.25, 0.3) is 0 Å². The SMILES string of the molecule is CCn1cc(C)nc1Nc1ccc(Cl)c(F)c1. The number of nitrogens with one attached hydrogen (secondary N) is 1. The number of imidazole rings is 1. The Bertz CT molecular complexity index is 537. The van der Waals surface area contributed by atoms with Crippen molar-refractivity contribution in [2.75, 3.05) is 5.32 Å². The van der Waals surface area contributed by atoms with E-state index in [1.807, 2.05) is 24.6 Å². The van der Waals surface area contributed by atoms with E-state index in [4.69, 9.17) is 11.6 Å². The van der Waals surface area contributed by atoms with Crippen molar-refractivity contribution in [1.82, 2.24) is 9.55 Å². The quantitative estimate of drug-likeness (QED) is 0.903. The second-order valence-corrected chi connectivity index (χ2v) is 4.15. The second-order valence-electron chi connectivity index (χ2n) is 3.75. The lowest BCUT2D eigenvalue weighted by Crippen LogP contribution is -2.01. The maximum atomic E-state index is 13.3. The van der Waals surface area contributed by atoms with Crippen molar-refractivity contribution in [2.24, 2.45) is 0 Å². The summed E-state index contributed by atoms with van der Waals surface area (Å²) in [4.78, 5) is 4.33. The molecule has 3 nitrogen and oxygen atoms in total. The zero-order valence-corrected chi connectivity index (χ0v) is 10.4. The van der Waals surface area contributed by atoms with Gasteiger partial charge in [0.15, 0.2) is 0 Å². The summed E-state index contributed by atoms with van der Waals surface area (Å²) in [5.41, 5.74) is 1.55. The molecule has 0 saturated carbocycles. The minimum Gasteiger partial charge on any atom is -0.326 e. The molecule has 0 saturated heterocycles. The molecular formula is C12H13ClFN3. The molecule has 0 unspecified atom stereocenters. The molecule has 0 aliphatic rings. The number of hydrogen-bond donors (Lipinski definition) is 1. The average Bonchev–Trinajstić information content (AvgIpc) is 2.64. The summed E-state index contributed by atoms with van der Waals surface area (Å²) in [6.45, 7) is 4.74. The monoisotopic (exact) mass is 253 g/mol. The summed E-state index contributed by atoms with van der Waals surface area (Å²) in [5, 5.41) is 3.18. The minimum absolute atomic E-state index is 0.116. The second kappa shape index (κ2) is 4.75. The molecule has 1 aromatic heterocycles. The maximum absolute atomic E-state index is 13.3. The lowest BCUT2D eigenvalue weighted by molar-refractivity contribution is 0.629. The van der Waals surface area contributed by atoms with Crippen LogP contribution >= 0.6 is 11.6 Å². The van der Waals surface area contributed by atoms with E-state index >= 15 is 0 Å². The Morgan fingerprint density at radius 3 is 2.88 bits per heavy atom. The van der Waals surface area contributed by atoms with Crippen molar-refractivity contribution < 1.29 is 4.39 Å². The number of nitrogens with zero attached hydrogens (tertiary/aromatic N) is 2. The molecule has 2 rings (SSSR count). The van der Waals surface area contributed by atoms with E-state index in [0.29, 0.717) is 11.6 Å². The van der Waals surface area contributed by atoms with Crippen molar-refractivity contribution in [3.63, 3.8) is 0 Å². The van der Waals surface area contributed by atoms with Gasteiger partial charge in [0, 0.05) is 18.4 Å². The van der Waals surface area contributed by atoms with E-state index in [2.05, 4.69) is 10.3 Å². The van der Waals surface area contributed by atoms with Gasteiger partial charge < -0.3 is 9.88 Å². The molecular weight excluding hydrogens is 241 g/mol. The summed E-state index contributed by atoms with van der Waals surface area (Å²) in [5.74, 6) is 0.259. The van der Waals surface area contributed by atoms with Crippen molar-refractivity contribution >= 4 is 23.2 Å². The first kappa shape index (κ1) is 11.9. The van der Waals surface area contributed by atoms with Gasteiger partial charge in [-0.15, -0.1) is 0 Å². The standard InChI is InChI=1S/C12H13ClFN3/c1-3-17-7-8(2)15-12(17)16-9-4-5-10(13)11(14)6-9/h4-7H,3H2,1-2H3,(H,15,16). The Hall–Kier alpha value is -1.55. The van der Waals surface area contributed by atoms with E-state index in [0.717, 1.165) is 12.2 Å². The third-order valence-corrected chi connectivity index (χ3v) is 2.72. The van der Waals surface area contributed by atoms with Crippen LogP contribution in [-0.2, 0) is 6.54 Å². The molecule has 90 valence electrons. The summed E-state index contributed by atoms with van der Waals surface area (Å²) >= 11 is 5.62. The van der Waals surface area contributed by atoms with E-state index in [9.17, 15) is 4.39 Å². The highest BCUT2D eigenvalue weighted by Crippen LogP contribution is 2.21. The summed E-state index contributed by atoms with van der Waals surface area (Å²) < 4.78 is 15.2. The van der Waals surface area contributed by atoms with Gasteiger partial charge >= 0.3 is 0 Å². The largest absolute Gasteiger partial charge is 0.326 e. The van der Waals surface area contributed by atoms with Crippen molar-refractivity contribution in [3.8, 4) is 0 Å². The lowest BCUT2D eigenvalue weighted by Gasteiger charge is -2.08. The number of anilines is 2. The smallest absolute Gasteiger partial charge is 0.207 e. The highest BCUT2D eigenvalue weighted by molar-refractivity contribution is 6.30. The van der Waals surface area contributed by atoms with Crippen LogP contribution in [0.15, 0.2) is 24.4 Å². The molecule has 0 aliphatic carbocycles. The van der Waals surface area contributed by atoms with E-state index in [-0.39, 0.29) is 5.02 Å². The molecule has 0 bridgehead atoms. The molecule has 17 heavy (non-hydrogen) atoms. The Kier molecular flexibility index (Phi) is 3.33. The molecule has 0 atom stereocenters. The van der Waals surface area contributed by atoms with Crippen LogP contribution in [0.1, 0.15) is 12.6 Å². The van der Waals surface area contributed by atoms with Gasteiger partial charge in [-0.05, 0) is 32.0 Å². The fourth-order valence-corrected chi connectivity index (χ4v) is 1.71. The van der Waals surface area contributed by atoms with Crippen LogP contribution in [0.4, 0.5) is 16.0 Å². The predicted molar refractivity (Wildman–Crippen MR) is 67.3 cm³/mol. The number of hydrogen-bond acceptors (Lipinski definition) is 2. The van der Waals surface area contributed by atoms with Gasteiger partial charge in [-0.2, -0.15) is 0 Å². The average molecular weight is 254 g/mol. The zero-order chi connectivity index (χ0) is 12.4. The summed E-state index contributed by atoms with van der Waals surface area (Å²) in [6, 6.07) is 4.59. The van der Waals surface area contributed by atoms with Gasteiger partial charge in [-0.3, -0.25) is 0 Å². The van der Waals surface area contributed by atoms with Crippen LogP contribution in [0.3, 0.4) is 0 Å². The third kappa shape index (κ3) is 2.58. The molecule has 1 heterocycles. The van der Waals surface area contributed by atoms with Gasteiger partial charge in [0.05, 0.1) is 10.7 Å². The number of aryl methyl sites for hydroxylation is 2. The fraction of sp³-hybridized carbons (Fsp3) is 0.250.